The van der Waals surface area contributed by atoms with E-state index in [1.165, 1.54) is 0 Å². The summed E-state index contributed by atoms with van der Waals surface area (Å²) in [7, 11) is 0. The smallest absolute Gasteiger partial charge is 0.202 e. The third-order valence-corrected chi connectivity index (χ3v) is 4.93. The van der Waals surface area contributed by atoms with Crippen LogP contribution in [0.2, 0.25) is 0 Å². The Kier molecular flexibility index (Phi) is 2.99. The molecule has 1 N–H and O–H groups in total. The van der Waals surface area contributed by atoms with Crippen molar-refractivity contribution in [1.29, 1.82) is 0 Å². The minimum Gasteiger partial charge on any atom is -0.300 e. The van der Waals surface area contributed by atoms with E-state index < -0.39 is 0 Å². The lowest BCUT2D eigenvalue weighted by atomic mass is 10.1. The molecule has 0 atom stereocenters. The number of benzene rings is 1. The third kappa shape index (κ3) is 2.17. The van der Waals surface area contributed by atoms with E-state index in [4.69, 9.17) is 10.1 Å². The predicted molar refractivity (Wildman–Crippen MR) is 96.4 cm³/mol. The first-order chi connectivity index (χ1) is 12.1. The van der Waals surface area contributed by atoms with Crippen LogP contribution in [0.15, 0.2) is 35.1 Å². The fraction of sp³-hybridized carbons (Fsp3) is 0.176. The molecule has 25 heavy (non-hydrogen) atoms. The number of aromatic amines is 1. The summed E-state index contributed by atoms with van der Waals surface area (Å²) in [6.07, 6.45) is 1.86. The summed E-state index contributed by atoms with van der Waals surface area (Å²) in [5.41, 5.74) is 5.90. The number of aryl methyl sites for hydroxylation is 2. The van der Waals surface area contributed by atoms with Gasteiger partial charge in [0.05, 0.1) is 29.9 Å². The van der Waals surface area contributed by atoms with Gasteiger partial charge in [0, 0.05) is 15.7 Å². The summed E-state index contributed by atoms with van der Waals surface area (Å²) in [6.45, 7) is 4.60. The Balaban J connectivity index is 1.79. The van der Waals surface area contributed by atoms with Crippen LogP contribution in [0, 0.1) is 13.8 Å². The molecule has 8 heteroatoms. The lowest BCUT2D eigenvalue weighted by molar-refractivity contribution is 0.675. The summed E-state index contributed by atoms with van der Waals surface area (Å²) < 4.78 is 5.04. The zero-order chi connectivity index (χ0) is 17.1. The van der Waals surface area contributed by atoms with Gasteiger partial charge in [0.15, 0.2) is 5.82 Å². The SMILES string of the molecule is Cc1cc(-c2nc3n(n2)Cc2c(C)ncn2-c2ccc(Br)cc2-3)n[nH]1. The molecule has 124 valence electrons. The van der Waals surface area contributed by atoms with Crippen LogP contribution in [0.25, 0.3) is 28.6 Å². The quantitative estimate of drug-likeness (QED) is 0.472. The first-order valence-corrected chi connectivity index (χ1v) is 8.70. The van der Waals surface area contributed by atoms with Crippen LogP contribution in [-0.2, 0) is 6.54 Å². The standard InChI is InChI=1S/C17H14BrN7/c1-9-5-13(22-21-9)16-20-17-12-6-11(18)3-4-14(12)24-8-19-10(2)15(24)7-25(17)23-16/h3-6,8H,7H2,1-2H3,(H,21,22). The molecule has 7 nitrogen and oxygen atoms in total. The molecule has 5 rings (SSSR count). The molecule has 1 aliphatic heterocycles. The van der Waals surface area contributed by atoms with Gasteiger partial charge >= 0.3 is 0 Å². The van der Waals surface area contributed by atoms with E-state index in [9.17, 15) is 0 Å². The van der Waals surface area contributed by atoms with E-state index in [1.54, 1.807) is 0 Å². The second-order valence-electron chi connectivity index (χ2n) is 6.16. The van der Waals surface area contributed by atoms with Crippen molar-refractivity contribution in [2.24, 2.45) is 0 Å². The van der Waals surface area contributed by atoms with Crippen molar-refractivity contribution in [1.82, 2.24) is 34.5 Å². The molecule has 3 aromatic heterocycles. The van der Waals surface area contributed by atoms with E-state index in [0.717, 1.165) is 44.3 Å². The van der Waals surface area contributed by atoms with Gasteiger partial charge in [-0.15, -0.1) is 5.10 Å². The maximum absolute atomic E-state index is 4.78. The number of nitrogens with zero attached hydrogens (tertiary/aromatic N) is 6. The van der Waals surface area contributed by atoms with Crippen LogP contribution in [0.3, 0.4) is 0 Å². The first kappa shape index (κ1) is 14.6. The summed E-state index contributed by atoms with van der Waals surface area (Å²) >= 11 is 3.57. The van der Waals surface area contributed by atoms with Crippen LogP contribution in [0.1, 0.15) is 17.1 Å². The topological polar surface area (TPSA) is 77.2 Å². The van der Waals surface area contributed by atoms with Crippen molar-refractivity contribution in [3.05, 3.63) is 52.1 Å². The highest BCUT2D eigenvalue weighted by Crippen LogP contribution is 2.34. The van der Waals surface area contributed by atoms with E-state index in [1.807, 2.05) is 37.0 Å². The number of nitrogens with one attached hydrogen (secondary N) is 1. The zero-order valence-corrected chi connectivity index (χ0v) is 15.2. The van der Waals surface area contributed by atoms with Gasteiger partial charge in [0.2, 0.25) is 5.82 Å². The number of hydrogen-bond donors (Lipinski definition) is 1. The number of rotatable bonds is 1. The van der Waals surface area contributed by atoms with Gasteiger partial charge in [-0.3, -0.25) is 5.10 Å². The van der Waals surface area contributed by atoms with Crippen LogP contribution in [-0.4, -0.2) is 34.5 Å². The minimum atomic E-state index is 0.615. The average molecular weight is 396 g/mol. The second-order valence-corrected chi connectivity index (χ2v) is 7.08. The Labute approximate surface area is 151 Å². The van der Waals surface area contributed by atoms with Gasteiger partial charge in [-0.05, 0) is 38.1 Å². The van der Waals surface area contributed by atoms with Crippen LogP contribution < -0.4 is 0 Å². The monoisotopic (exact) mass is 395 g/mol. The van der Waals surface area contributed by atoms with Crippen molar-refractivity contribution in [2.45, 2.75) is 20.4 Å². The Bertz CT molecular complexity index is 1120. The molecule has 0 fully saturated rings. The van der Waals surface area contributed by atoms with Crippen molar-refractivity contribution < 1.29 is 0 Å². The summed E-state index contributed by atoms with van der Waals surface area (Å²) in [6, 6.07) is 8.13. The predicted octanol–water partition coefficient (Wildman–Crippen LogP) is 3.26. The van der Waals surface area contributed by atoms with Gasteiger partial charge < -0.3 is 4.57 Å². The number of imidazole rings is 1. The van der Waals surface area contributed by atoms with Gasteiger partial charge in [-0.1, -0.05) is 15.9 Å². The fourth-order valence-corrected chi connectivity index (χ4v) is 3.55. The highest BCUT2D eigenvalue weighted by atomic mass is 79.9. The Morgan fingerprint density at radius 3 is 2.88 bits per heavy atom. The summed E-state index contributed by atoms with van der Waals surface area (Å²) in [5, 5.41) is 11.9. The van der Waals surface area contributed by atoms with Gasteiger partial charge in [-0.2, -0.15) is 5.10 Å². The summed E-state index contributed by atoms with van der Waals surface area (Å²) in [5.74, 6) is 1.45. The van der Waals surface area contributed by atoms with Crippen molar-refractivity contribution in [2.75, 3.05) is 0 Å². The molecular weight excluding hydrogens is 382 g/mol. The normalized spacial score (nSPS) is 12.4. The molecule has 0 bridgehead atoms. The highest BCUT2D eigenvalue weighted by molar-refractivity contribution is 9.10. The third-order valence-electron chi connectivity index (χ3n) is 4.44. The summed E-state index contributed by atoms with van der Waals surface area (Å²) in [4.78, 5) is 9.26. The Morgan fingerprint density at radius 1 is 1.20 bits per heavy atom. The van der Waals surface area contributed by atoms with E-state index in [-0.39, 0.29) is 0 Å². The molecule has 4 aromatic rings. The Morgan fingerprint density at radius 2 is 2.08 bits per heavy atom. The molecule has 1 aromatic carbocycles. The van der Waals surface area contributed by atoms with Crippen molar-refractivity contribution in [3.8, 4) is 28.6 Å². The lowest BCUT2D eigenvalue weighted by Gasteiger charge is -2.08. The van der Waals surface area contributed by atoms with Gasteiger partial charge in [0.25, 0.3) is 0 Å². The number of fused-ring (bicyclic) bond motifs is 5. The highest BCUT2D eigenvalue weighted by Gasteiger charge is 2.25. The van der Waals surface area contributed by atoms with Gasteiger partial charge in [-0.25, -0.2) is 14.6 Å². The van der Waals surface area contributed by atoms with Gasteiger partial charge in [0.1, 0.15) is 5.69 Å². The number of aromatic nitrogens is 7. The van der Waals surface area contributed by atoms with Crippen molar-refractivity contribution >= 4 is 15.9 Å². The maximum atomic E-state index is 4.78. The largest absolute Gasteiger partial charge is 0.300 e. The fourth-order valence-electron chi connectivity index (χ4n) is 3.19. The maximum Gasteiger partial charge on any atom is 0.202 e. The van der Waals surface area contributed by atoms with Crippen LogP contribution in [0.4, 0.5) is 0 Å². The number of H-pyrrole nitrogens is 1. The zero-order valence-electron chi connectivity index (χ0n) is 13.7. The Hall–Kier alpha value is -2.74. The number of hydrogen-bond acceptors (Lipinski definition) is 4. The molecule has 0 unspecified atom stereocenters. The van der Waals surface area contributed by atoms with Crippen molar-refractivity contribution in [3.63, 3.8) is 0 Å². The van der Waals surface area contributed by atoms with Crippen LogP contribution >= 0.6 is 15.9 Å². The molecule has 0 amide bonds. The average Bonchev–Trinajstić information content (AvgIpc) is 3.27. The molecule has 0 aliphatic carbocycles. The molecule has 4 heterocycles. The van der Waals surface area contributed by atoms with Crippen LogP contribution in [0.5, 0.6) is 0 Å². The molecule has 1 aliphatic rings. The molecule has 0 saturated carbocycles. The van der Waals surface area contributed by atoms with E-state index in [2.05, 4.69) is 47.8 Å². The molecule has 0 saturated heterocycles. The first-order valence-electron chi connectivity index (χ1n) is 7.90. The second kappa shape index (κ2) is 5.13. The van der Waals surface area contributed by atoms with E-state index in [0.29, 0.717) is 12.4 Å². The minimum absolute atomic E-state index is 0.615. The molecular formula is C17H14BrN7. The molecule has 0 radical (unpaired) electrons. The number of halogens is 1. The molecule has 0 spiro atoms. The lowest BCUT2D eigenvalue weighted by Crippen LogP contribution is -2.05. The van der Waals surface area contributed by atoms with E-state index >= 15 is 0 Å².